The number of imidazole rings is 1. The van der Waals surface area contributed by atoms with E-state index in [1.54, 1.807) is 0 Å². The summed E-state index contributed by atoms with van der Waals surface area (Å²) < 4.78 is 1.92. The Labute approximate surface area is 134 Å². The van der Waals surface area contributed by atoms with Gasteiger partial charge in [0, 0.05) is 11.8 Å². The fourth-order valence-corrected chi connectivity index (χ4v) is 2.77. The maximum Gasteiger partial charge on any atom is 0.137 e. The predicted octanol–water partition coefficient (Wildman–Crippen LogP) is 4.90. The normalized spacial score (nSPS) is 12.3. The van der Waals surface area contributed by atoms with Crippen LogP contribution < -0.4 is 0 Å². The second-order valence-electron chi connectivity index (χ2n) is 5.57. The van der Waals surface area contributed by atoms with Crippen LogP contribution >= 0.6 is 11.6 Å². The molecule has 4 heteroatoms. The molecule has 3 nitrogen and oxygen atoms in total. The molecule has 0 aliphatic carbocycles. The summed E-state index contributed by atoms with van der Waals surface area (Å²) in [5.41, 5.74) is 6.01. The molecule has 3 rings (SSSR count). The fraction of sp³-hybridized carbons (Fsp3) is 0.222. The molecule has 0 saturated carbocycles. The molecule has 0 aliphatic heterocycles. The molecule has 3 aromatic rings. The summed E-state index contributed by atoms with van der Waals surface area (Å²) in [4.78, 5) is 4.72. The lowest BCUT2D eigenvalue weighted by Crippen LogP contribution is -1.98. The maximum atomic E-state index is 9.38. The van der Waals surface area contributed by atoms with E-state index in [0.29, 0.717) is 5.02 Å². The molecule has 0 spiro atoms. The largest absolute Gasteiger partial charge is 0.301 e. The average Bonchev–Trinajstić information content (AvgIpc) is 2.87. The highest BCUT2D eigenvalue weighted by Crippen LogP contribution is 2.31. The van der Waals surface area contributed by atoms with E-state index in [9.17, 15) is 5.26 Å². The Morgan fingerprint density at radius 2 is 1.95 bits per heavy atom. The first-order valence-corrected chi connectivity index (χ1v) is 7.54. The van der Waals surface area contributed by atoms with Crippen molar-refractivity contribution in [3.63, 3.8) is 0 Å². The molecule has 1 unspecified atom stereocenters. The van der Waals surface area contributed by atoms with Crippen molar-refractivity contribution >= 4 is 17.2 Å². The number of aromatic nitrogens is 2. The van der Waals surface area contributed by atoms with Gasteiger partial charge in [-0.1, -0.05) is 23.7 Å². The number of rotatable bonds is 2. The highest BCUT2D eigenvalue weighted by molar-refractivity contribution is 6.30. The van der Waals surface area contributed by atoms with Gasteiger partial charge in [0.15, 0.2) is 0 Å². The van der Waals surface area contributed by atoms with Gasteiger partial charge in [-0.25, -0.2) is 4.98 Å². The van der Waals surface area contributed by atoms with E-state index in [0.717, 1.165) is 22.6 Å². The quantitative estimate of drug-likeness (QED) is 0.675. The molecule has 0 bridgehead atoms. The first-order chi connectivity index (χ1) is 10.5. The third-order valence-corrected chi connectivity index (χ3v) is 4.23. The Bertz CT molecular complexity index is 903. The van der Waals surface area contributed by atoms with Gasteiger partial charge in [0.1, 0.15) is 5.65 Å². The molecule has 0 amide bonds. The molecular weight excluding hydrogens is 294 g/mol. The SMILES string of the molecule is Cc1ccc(-c2nc3ccc(Cl)cn3c2C(C)C#N)cc1C. The summed E-state index contributed by atoms with van der Waals surface area (Å²) in [5, 5.41) is 10.0. The second kappa shape index (κ2) is 5.47. The second-order valence-corrected chi connectivity index (χ2v) is 6.01. The van der Waals surface area contributed by atoms with Crippen LogP contribution in [-0.4, -0.2) is 9.38 Å². The van der Waals surface area contributed by atoms with Crippen LogP contribution in [0.5, 0.6) is 0 Å². The molecule has 0 radical (unpaired) electrons. The van der Waals surface area contributed by atoms with Gasteiger partial charge < -0.3 is 4.40 Å². The summed E-state index contributed by atoms with van der Waals surface area (Å²) in [5.74, 6) is -0.273. The van der Waals surface area contributed by atoms with Crippen molar-refractivity contribution in [1.29, 1.82) is 5.26 Å². The van der Waals surface area contributed by atoms with E-state index in [2.05, 4.69) is 38.1 Å². The van der Waals surface area contributed by atoms with Crippen molar-refractivity contribution in [2.75, 3.05) is 0 Å². The number of halogens is 1. The first-order valence-electron chi connectivity index (χ1n) is 7.16. The molecule has 22 heavy (non-hydrogen) atoms. The molecule has 1 atom stereocenters. The van der Waals surface area contributed by atoms with E-state index in [1.165, 1.54) is 11.1 Å². The average molecular weight is 310 g/mol. The summed E-state index contributed by atoms with van der Waals surface area (Å²) in [6.45, 7) is 6.05. The van der Waals surface area contributed by atoms with Gasteiger partial charge in [0.25, 0.3) is 0 Å². The molecular formula is C18H16ClN3. The lowest BCUT2D eigenvalue weighted by molar-refractivity contribution is 0.900. The van der Waals surface area contributed by atoms with E-state index >= 15 is 0 Å². The zero-order chi connectivity index (χ0) is 15.9. The van der Waals surface area contributed by atoms with Gasteiger partial charge in [-0.15, -0.1) is 0 Å². The summed E-state index contributed by atoms with van der Waals surface area (Å²) in [6.07, 6.45) is 1.82. The molecule has 0 aliphatic rings. The van der Waals surface area contributed by atoms with Gasteiger partial charge >= 0.3 is 0 Å². The highest BCUT2D eigenvalue weighted by atomic mass is 35.5. The summed E-state index contributed by atoms with van der Waals surface area (Å²) in [7, 11) is 0. The monoisotopic (exact) mass is 309 g/mol. The number of hydrogen-bond acceptors (Lipinski definition) is 2. The third-order valence-electron chi connectivity index (χ3n) is 4.00. The van der Waals surface area contributed by atoms with Crippen molar-refractivity contribution in [2.45, 2.75) is 26.7 Å². The predicted molar refractivity (Wildman–Crippen MR) is 89.1 cm³/mol. The topological polar surface area (TPSA) is 41.1 Å². The Hall–Kier alpha value is -2.31. The molecule has 0 saturated heterocycles. The number of benzene rings is 1. The van der Waals surface area contributed by atoms with Gasteiger partial charge in [-0.3, -0.25) is 0 Å². The van der Waals surface area contributed by atoms with Crippen molar-refractivity contribution in [3.05, 3.63) is 58.4 Å². The van der Waals surface area contributed by atoms with Gasteiger partial charge in [0.2, 0.25) is 0 Å². The van der Waals surface area contributed by atoms with Crippen LogP contribution in [0.1, 0.15) is 29.7 Å². The lowest BCUT2D eigenvalue weighted by Gasteiger charge is -2.08. The Morgan fingerprint density at radius 3 is 2.64 bits per heavy atom. The van der Waals surface area contributed by atoms with E-state index in [4.69, 9.17) is 16.6 Å². The van der Waals surface area contributed by atoms with E-state index in [-0.39, 0.29) is 5.92 Å². The molecule has 2 aromatic heterocycles. The Kier molecular flexibility index (Phi) is 3.64. The molecule has 2 heterocycles. The number of pyridine rings is 1. The Balaban J connectivity index is 2.33. The summed E-state index contributed by atoms with van der Waals surface area (Å²) >= 11 is 6.11. The first kappa shape index (κ1) is 14.6. The van der Waals surface area contributed by atoms with Gasteiger partial charge in [0.05, 0.1) is 28.4 Å². The van der Waals surface area contributed by atoms with Crippen LogP contribution in [0.3, 0.4) is 0 Å². The molecule has 1 aromatic carbocycles. The molecule has 0 fully saturated rings. The van der Waals surface area contributed by atoms with E-state index < -0.39 is 0 Å². The van der Waals surface area contributed by atoms with Crippen LogP contribution in [0.25, 0.3) is 16.9 Å². The lowest BCUT2D eigenvalue weighted by atomic mass is 9.99. The minimum Gasteiger partial charge on any atom is -0.301 e. The smallest absolute Gasteiger partial charge is 0.137 e. The van der Waals surface area contributed by atoms with Crippen LogP contribution in [-0.2, 0) is 0 Å². The minimum absolute atomic E-state index is 0.273. The minimum atomic E-state index is -0.273. The van der Waals surface area contributed by atoms with Crippen molar-refractivity contribution in [2.24, 2.45) is 0 Å². The van der Waals surface area contributed by atoms with Crippen molar-refractivity contribution in [3.8, 4) is 17.3 Å². The summed E-state index contributed by atoms with van der Waals surface area (Å²) in [6, 6.07) is 12.3. The van der Waals surface area contributed by atoms with Crippen molar-refractivity contribution < 1.29 is 0 Å². The fourth-order valence-electron chi connectivity index (χ4n) is 2.61. The van der Waals surface area contributed by atoms with Gasteiger partial charge in [-0.05, 0) is 50.1 Å². The van der Waals surface area contributed by atoms with E-state index in [1.807, 2.05) is 29.7 Å². The van der Waals surface area contributed by atoms with Crippen LogP contribution in [0.2, 0.25) is 5.02 Å². The number of nitriles is 1. The standard InChI is InChI=1S/C18H16ClN3/c1-11-4-5-14(8-12(11)2)17-18(13(3)9-20)22-10-15(19)6-7-16(22)21-17/h4-8,10,13H,1-3H3. The number of aryl methyl sites for hydroxylation is 2. The number of hydrogen-bond donors (Lipinski definition) is 0. The van der Waals surface area contributed by atoms with Crippen LogP contribution in [0, 0.1) is 25.2 Å². The number of fused-ring (bicyclic) bond motifs is 1. The molecule has 110 valence electrons. The zero-order valence-corrected chi connectivity index (χ0v) is 13.5. The Morgan fingerprint density at radius 1 is 1.18 bits per heavy atom. The maximum absolute atomic E-state index is 9.38. The molecule has 0 N–H and O–H groups in total. The number of nitrogens with zero attached hydrogens (tertiary/aromatic N) is 3. The zero-order valence-electron chi connectivity index (χ0n) is 12.8. The van der Waals surface area contributed by atoms with Gasteiger partial charge in [-0.2, -0.15) is 5.26 Å². The van der Waals surface area contributed by atoms with Crippen LogP contribution in [0.15, 0.2) is 36.5 Å². The van der Waals surface area contributed by atoms with Crippen LogP contribution in [0.4, 0.5) is 0 Å². The van der Waals surface area contributed by atoms with Crippen molar-refractivity contribution in [1.82, 2.24) is 9.38 Å². The highest BCUT2D eigenvalue weighted by Gasteiger charge is 2.19. The third kappa shape index (κ3) is 2.36.